The van der Waals surface area contributed by atoms with Crippen molar-refractivity contribution in [2.75, 3.05) is 13.2 Å². The van der Waals surface area contributed by atoms with Crippen LogP contribution >= 0.6 is 15.9 Å². The minimum atomic E-state index is -0.485. The van der Waals surface area contributed by atoms with Gasteiger partial charge in [0, 0.05) is 17.2 Å². The second-order valence-electron chi connectivity index (χ2n) is 4.24. The maximum absolute atomic E-state index is 12.4. The van der Waals surface area contributed by atoms with Crippen LogP contribution in [0.1, 0.15) is 30.3 Å². The van der Waals surface area contributed by atoms with Gasteiger partial charge in [-0.1, -0.05) is 0 Å². The number of amides is 1. The van der Waals surface area contributed by atoms with Crippen LogP contribution in [-0.2, 0) is 9.53 Å². The summed E-state index contributed by atoms with van der Waals surface area (Å²) in [6.45, 7) is 2.64. The fraction of sp³-hybridized carbons (Fsp3) is 0.462. The van der Waals surface area contributed by atoms with Crippen molar-refractivity contribution < 1.29 is 14.3 Å². The highest BCUT2D eigenvalue weighted by Gasteiger charge is 2.36. The molecule has 0 N–H and O–H groups in total. The molecule has 1 aromatic heterocycles. The highest BCUT2D eigenvalue weighted by Crippen LogP contribution is 2.23. The third-order valence-electron chi connectivity index (χ3n) is 3.03. The summed E-state index contributed by atoms with van der Waals surface area (Å²) >= 11 is 3.31. The van der Waals surface area contributed by atoms with E-state index >= 15 is 0 Å². The van der Waals surface area contributed by atoms with Gasteiger partial charge in [0.25, 0.3) is 5.91 Å². The largest absolute Gasteiger partial charge is 0.464 e. The van der Waals surface area contributed by atoms with Gasteiger partial charge in [0.15, 0.2) is 0 Å². The van der Waals surface area contributed by atoms with Crippen molar-refractivity contribution in [1.82, 2.24) is 9.88 Å². The van der Waals surface area contributed by atoms with E-state index in [-0.39, 0.29) is 11.9 Å². The minimum Gasteiger partial charge on any atom is -0.464 e. The van der Waals surface area contributed by atoms with Crippen molar-refractivity contribution in [3.63, 3.8) is 0 Å². The number of hydrogen-bond acceptors (Lipinski definition) is 4. The number of nitrogens with zero attached hydrogens (tertiary/aromatic N) is 2. The van der Waals surface area contributed by atoms with Crippen molar-refractivity contribution in [3.8, 4) is 0 Å². The molecule has 1 fully saturated rings. The molecule has 1 aromatic rings. The Morgan fingerprint density at radius 1 is 1.58 bits per heavy atom. The average molecular weight is 327 g/mol. The lowest BCUT2D eigenvalue weighted by Gasteiger charge is -2.23. The van der Waals surface area contributed by atoms with Crippen molar-refractivity contribution in [2.24, 2.45) is 0 Å². The Labute approximate surface area is 120 Å². The fourth-order valence-corrected chi connectivity index (χ4v) is 2.60. The van der Waals surface area contributed by atoms with E-state index in [0.717, 1.165) is 6.42 Å². The summed E-state index contributed by atoms with van der Waals surface area (Å²) < 4.78 is 5.64. The van der Waals surface area contributed by atoms with E-state index < -0.39 is 6.04 Å². The van der Waals surface area contributed by atoms with Gasteiger partial charge in [0.05, 0.1) is 6.61 Å². The van der Waals surface area contributed by atoms with Gasteiger partial charge in [-0.2, -0.15) is 0 Å². The highest BCUT2D eigenvalue weighted by atomic mass is 79.9. The predicted octanol–water partition coefficient (Wildman–Crippen LogP) is 2.01. The minimum absolute atomic E-state index is 0.233. The molecule has 1 aliphatic heterocycles. The number of rotatable bonds is 3. The Morgan fingerprint density at radius 3 is 3.05 bits per heavy atom. The van der Waals surface area contributed by atoms with Gasteiger partial charge in [-0.3, -0.25) is 4.79 Å². The van der Waals surface area contributed by atoms with Gasteiger partial charge in [-0.15, -0.1) is 0 Å². The van der Waals surface area contributed by atoms with E-state index in [2.05, 4.69) is 20.9 Å². The van der Waals surface area contributed by atoms with Crippen LogP contribution in [-0.4, -0.2) is 41.0 Å². The van der Waals surface area contributed by atoms with Crippen LogP contribution in [0.2, 0.25) is 0 Å². The van der Waals surface area contributed by atoms with Crippen molar-refractivity contribution >= 4 is 27.8 Å². The van der Waals surface area contributed by atoms with E-state index in [0.29, 0.717) is 29.7 Å². The van der Waals surface area contributed by atoms with Crippen molar-refractivity contribution in [2.45, 2.75) is 25.8 Å². The first-order valence-corrected chi connectivity index (χ1v) is 7.02. The number of ether oxygens (including phenoxy) is 1. The van der Waals surface area contributed by atoms with Gasteiger partial charge < -0.3 is 9.64 Å². The normalized spacial score (nSPS) is 18.4. The molecule has 19 heavy (non-hydrogen) atoms. The Morgan fingerprint density at radius 2 is 2.37 bits per heavy atom. The molecule has 0 bridgehead atoms. The molecular formula is C13H15BrN2O3. The first kappa shape index (κ1) is 14.0. The third-order valence-corrected chi connectivity index (χ3v) is 3.67. The Balaban J connectivity index is 2.19. The van der Waals surface area contributed by atoms with Crippen LogP contribution < -0.4 is 0 Å². The smallest absolute Gasteiger partial charge is 0.328 e. The molecule has 6 heteroatoms. The maximum Gasteiger partial charge on any atom is 0.328 e. The first-order valence-electron chi connectivity index (χ1n) is 6.23. The lowest BCUT2D eigenvalue weighted by atomic mass is 10.2. The lowest BCUT2D eigenvalue weighted by molar-refractivity contribution is -0.147. The van der Waals surface area contributed by atoms with Gasteiger partial charge in [0.1, 0.15) is 11.7 Å². The molecular weight excluding hydrogens is 312 g/mol. The number of aromatic nitrogens is 1. The SMILES string of the molecule is CCOC(=O)[C@@H]1CCCN1C(=O)c1ncccc1Br. The van der Waals surface area contributed by atoms with Crippen LogP contribution in [0.15, 0.2) is 22.8 Å². The van der Waals surface area contributed by atoms with Crippen LogP contribution in [0.25, 0.3) is 0 Å². The summed E-state index contributed by atoms with van der Waals surface area (Å²) in [4.78, 5) is 29.9. The molecule has 5 nitrogen and oxygen atoms in total. The third kappa shape index (κ3) is 2.94. The van der Waals surface area contributed by atoms with Gasteiger partial charge >= 0.3 is 5.97 Å². The number of esters is 1. The standard InChI is InChI=1S/C13H15BrN2O3/c1-2-19-13(18)10-6-4-8-16(10)12(17)11-9(14)5-3-7-15-11/h3,5,7,10H,2,4,6,8H2,1H3/t10-/m0/s1. The van der Waals surface area contributed by atoms with Crippen LogP contribution in [0.3, 0.4) is 0 Å². The Hall–Kier alpha value is -1.43. The average Bonchev–Trinajstić information content (AvgIpc) is 2.88. The molecule has 1 saturated heterocycles. The van der Waals surface area contributed by atoms with E-state index in [1.807, 2.05) is 0 Å². The molecule has 2 heterocycles. The second-order valence-corrected chi connectivity index (χ2v) is 5.10. The summed E-state index contributed by atoms with van der Waals surface area (Å²) in [6, 6.07) is 3.02. The molecule has 0 saturated carbocycles. The molecule has 0 radical (unpaired) electrons. The van der Waals surface area contributed by atoms with Crippen molar-refractivity contribution in [3.05, 3.63) is 28.5 Å². The Bertz CT molecular complexity index is 493. The first-order chi connectivity index (χ1) is 9.15. The summed E-state index contributed by atoms with van der Waals surface area (Å²) in [7, 11) is 0. The van der Waals surface area contributed by atoms with Gasteiger partial charge in [0.2, 0.25) is 0 Å². The highest BCUT2D eigenvalue weighted by molar-refractivity contribution is 9.10. The second kappa shape index (κ2) is 6.14. The number of hydrogen-bond donors (Lipinski definition) is 0. The zero-order chi connectivity index (χ0) is 13.8. The molecule has 2 rings (SSSR count). The molecule has 1 aliphatic rings. The monoisotopic (exact) mass is 326 g/mol. The summed E-state index contributed by atoms with van der Waals surface area (Å²) in [6.07, 6.45) is 3.02. The molecule has 0 spiro atoms. The number of carbonyl (C=O) groups is 2. The number of halogens is 1. The maximum atomic E-state index is 12.4. The fourth-order valence-electron chi connectivity index (χ4n) is 2.17. The van der Waals surface area contributed by atoms with Crippen LogP contribution in [0.5, 0.6) is 0 Å². The molecule has 102 valence electrons. The molecule has 0 aromatic carbocycles. The van der Waals surface area contributed by atoms with E-state index in [1.165, 1.54) is 0 Å². The van der Waals surface area contributed by atoms with E-state index in [4.69, 9.17) is 4.74 Å². The Kier molecular flexibility index (Phi) is 4.52. The zero-order valence-electron chi connectivity index (χ0n) is 10.6. The summed E-state index contributed by atoms with van der Waals surface area (Å²) in [5, 5.41) is 0. The van der Waals surface area contributed by atoms with Gasteiger partial charge in [-0.05, 0) is 47.8 Å². The lowest BCUT2D eigenvalue weighted by Crippen LogP contribution is -2.41. The van der Waals surface area contributed by atoms with Crippen molar-refractivity contribution in [1.29, 1.82) is 0 Å². The van der Waals surface area contributed by atoms with Crippen LogP contribution in [0.4, 0.5) is 0 Å². The molecule has 1 amide bonds. The van der Waals surface area contributed by atoms with E-state index in [1.54, 1.807) is 30.2 Å². The van der Waals surface area contributed by atoms with Gasteiger partial charge in [-0.25, -0.2) is 9.78 Å². The summed E-state index contributed by atoms with van der Waals surface area (Å²) in [5.41, 5.74) is 0.332. The predicted molar refractivity (Wildman–Crippen MR) is 72.6 cm³/mol. The molecule has 0 aliphatic carbocycles. The van der Waals surface area contributed by atoms with E-state index in [9.17, 15) is 9.59 Å². The topological polar surface area (TPSA) is 59.5 Å². The number of likely N-dealkylation sites (tertiary alicyclic amines) is 1. The molecule has 1 atom stereocenters. The van der Waals surface area contributed by atoms with Crippen LogP contribution in [0, 0.1) is 0 Å². The number of carbonyl (C=O) groups excluding carboxylic acids is 2. The zero-order valence-corrected chi connectivity index (χ0v) is 12.2. The molecule has 0 unspecified atom stereocenters. The quantitative estimate of drug-likeness (QED) is 0.797. The summed E-state index contributed by atoms with van der Waals surface area (Å²) in [5.74, 6) is -0.566. The number of pyridine rings is 1.